The number of hydrogen-bond donors (Lipinski definition) is 1. The van der Waals surface area contributed by atoms with Crippen molar-refractivity contribution in [2.24, 2.45) is 17.3 Å². The molecule has 0 aliphatic heterocycles. The highest BCUT2D eigenvalue weighted by Gasteiger charge is 2.43. The Balaban J connectivity index is 3.39. The Labute approximate surface area is 192 Å². The minimum atomic E-state index is -0.652. The number of carbonyl (C=O) groups excluding carboxylic acids is 3. The summed E-state index contributed by atoms with van der Waals surface area (Å²) in [5.41, 5.74) is 0.246. The maximum atomic E-state index is 13.2. The number of methoxy groups -OCH3 is 1. The van der Waals surface area contributed by atoms with Crippen LogP contribution < -0.4 is 0 Å². The lowest BCUT2D eigenvalue weighted by atomic mass is 9.66. The topological polar surface area (TPSA) is 89.9 Å². The first-order chi connectivity index (χ1) is 14.8. The monoisotopic (exact) mass is 446 g/mol. The Morgan fingerprint density at radius 3 is 2.47 bits per heavy atom. The third kappa shape index (κ3) is 8.32. The van der Waals surface area contributed by atoms with Crippen molar-refractivity contribution in [3.63, 3.8) is 0 Å². The normalized spacial score (nSPS) is 24.4. The molecule has 178 valence electrons. The van der Waals surface area contributed by atoms with Crippen molar-refractivity contribution in [3.05, 3.63) is 47.8 Å². The molecule has 0 amide bonds. The van der Waals surface area contributed by atoms with Gasteiger partial charge in [-0.15, -0.1) is 0 Å². The van der Waals surface area contributed by atoms with Gasteiger partial charge < -0.3 is 19.4 Å². The minimum Gasteiger partial charge on any atom is -0.432 e. The lowest BCUT2D eigenvalue weighted by Gasteiger charge is -2.37. The average Bonchev–Trinajstić information content (AvgIpc) is 2.77. The van der Waals surface area contributed by atoms with E-state index in [0.717, 1.165) is 5.57 Å². The SMILES string of the molecule is COC(C)(C)/C=C/C[C@@]1(C)CC=C(CO)C(=O)[C@H](CC(C)=O)[C@@H]1/C=C/OC(=O)C=C(C)C. The van der Waals surface area contributed by atoms with E-state index >= 15 is 0 Å². The molecule has 0 spiro atoms. The molecular weight excluding hydrogens is 408 g/mol. The molecule has 1 rings (SSSR count). The van der Waals surface area contributed by atoms with E-state index in [1.807, 2.05) is 32.9 Å². The van der Waals surface area contributed by atoms with E-state index in [1.165, 1.54) is 19.3 Å². The van der Waals surface area contributed by atoms with Gasteiger partial charge in [-0.2, -0.15) is 0 Å². The highest BCUT2D eigenvalue weighted by Crippen LogP contribution is 2.46. The summed E-state index contributed by atoms with van der Waals surface area (Å²) in [6.07, 6.45) is 11.4. The predicted molar refractivity (Wildman–Crippen MR) is 125 cm³/mol. The van der Waals surface area contributed by atoms with E-state index in [2.05, 4.69) is 0 Å². The van der Waals surface area contributed by atoms with E-state index < -0.39 is 22.9 Å². The Bertz CT molecular complexity index is 810. The number of ether oxygens (including phenoxy) is 2. The molecular formula is C26H38O6. The fraction of sp³-hybridized carbons (Fsp3) is 0.577. The molecule has 0 unspecified atom stereocenters. The largest absolute Gasteiger partial charge is 0.432 e. The van der Waals surface area contributed by atoms with Crippen molar-refractivity contribution in [3.8, 4) is 0 Å². The Morgan fingerprint density at radius 2 is 1.94 bits per heavy atom. The van der Waals surface area contributed by atoms with Gasteiger partial charge >= 0.3 is 5.97 Å². The first-order valence-corrected chi connectivity index (χ1v) is 10.9. The molecule has 0 aromatic carbocycles. The van der Waals surface area contributed by atoms with Crippen LogP contribution in [0.15, 0.2) is 47.8 Å². The number of ketones is 2. The zero-order valence-corrected chi connectivity index (χ0v) is 20.4. The highest BCUT2D eigenvalue weighted by atomic mass is 16.5. The van der Waals surface area contributed by atoms with Gasteiger partial charge in [0.05, 0.1) is 18.5 Å². The summed E-state index contributed by atoms with van der Waals surface area (Å²) in [6, 6.07) is 0. The molecule has 6 heteroatoms. The van der Waals surface area contributed by atoms with Crippen molar-refractivity contribution in [2.75, 3.05) is 13.7 Å². The molecule has 0 radical (unpaired) electrons. The maximum absolute atomic E-state index is 13.2. The molecule has 0 bridgehead atoms. The number of aliphatic hydroxyl groups is 1. The van der Waals surface area contributed by atoms with Crippen molar-refractivity contribution >= 4 is 17.5 Å². The fourth-order valence-electron chi connectivity index (χ4n) is 3.88. The third-order valence-electron chi connectivity index (χ3n) is 5.89. The van der Waals surface area contributed by atoms with Crippen molar-refractivity contribution < 1.29 is 29.0 Å². The van der Waals surface area contributed by atoms with Crippen LogP contribution in [0.4, 0.5) is 0 Å². The molecule has 0 aromatic heterocycles. The summed E-state index contributed by atoms with van der Waals surface area (Å²) in [7, 11) is 1.64. The minimum absolute atomic E-state index is 0.0516. The number of aliphatic hydroxyl groups excluding tert-OH is 1. The van der Waals surface area contributed by atoms with Gasteiger partial charge in [-0.3, -0.25) is 4.79 Å². The summed E-state index contributed by atoms with van der Waals surface area (Å²) < 4.78 is 10.7. The summed E-state index contributed by atoms with van der Waals surface area (Å²) >= 11 is 0. The molecule has 6 nitrogen and oxygen atoms in total. The summed E-state index contributed by atoms with van der Waals surface area (Å²) in [5.74, 6) is -1.88. The molecule has 32 heavy (non-hydrogen) atoms. The van der Waals surface area contributed by atoms with Crippen LogP contribution in [0.25, 0.3) is 0 Å². The quantitative estimate of drug-likeness (QED) is 0.230. The second-order valence-electron chi connectivity index (χ2n) is 9.55. The van der Waals surface area contributed by atoms with Crippen molar-refractivity contribution in [1.29, 1.82) is 0 Å². The third-order valence-corrected chi connectivity index (χ3v) is 5.89. The first kappa shape index (κ1) is 27.7. The van der Waals surface area contributed by atoms with E-state index in [9.17, 15) is 19.5 Å². The summed E-state index contributed by atoms with van der Waals surface area (Å²) in [4.78, 5) is 37.1. The molecule has 1 aliphatic rings. The molecule has 0 saturated carbocycles. The number of hydrogen-bond acceptors (Lipinski definition) is 6. The Kier molecular flexibility index (Phi) is 10.5. The van der Waals surface area contributed by atoms with E-state index in [-0.39, 0.29) is 30.5 Å². The standard InChI is InChI=1S/C26H38O6/c1-18(2)15-23(29)32-14-10-22-21(16-19(3)28)24(30)20(17-27)9-13-26(22,6)12-8-11-25(4,5)31-7/h8-11,14-15,21-22,27H,12-13,16-17H2,1-7H3/b11-8+,14-10+/t21-,22+,26+/m1/s1. The van der Waals surface area contributed by atoms with E-state index in [0.29, 0.717) is 18.4 Å². The van der Waals surface area contributed by atoms with Crippen LogP contribution in [0.5, 0.6) is 0 Å². The van der Waals surface area contributed by atoms with Gasteiger partial charge in [-0.05, 0) is 64.9 Å². The number of rotatable bonds is 10. The van der Waals surface area contributed by atoms with E-state index in [4.69, 9.17) is 9.47 Å². The average molecular weight is 447 g/mol. The second kappa shape index (κ2) is 12.1. The lowest BCUT2D eigenvalue weighted by molar-refractivity contribution is -0.132. The van der Waals surface area contributed by atoms with Crippen molar-refractivity contribution in [1.82, 2.24) is 0 Å². The molecule has 0 saturated heterocycles. The first-order valence-electron chi connectivity index (χ1n) is 10.9. The number of esters is 1. The summed E-state index contributed by atoms with van der Waals surface area (Å²) in [5, 5.41) is 9.74. The van der Waals surface area contributed by atoms with Gasteiger partial charge in [0.2, 0.25) is 0 Å². The van der Waals surface area contributed by atoms with Gasteiger partial charge in [0.1, 0.15) is 5.78 Å². The van der Waals surface area contributed by atoms with Gasteiger partial charge in [-0.1, -0.05) is 30.7 Å². The van der Waals surface area contributed by atoms with Crippen LogP contribution in [-0.4, -0.2) is 42.0 Å². The molecule has 1 N–H and O–H groups in total. The van der Waals surface area contributed by atoms with Crippen LogP contribution in [0, 0.1) is 17.3 Å². The van der Waals surface area contributed by atoms with Crippen LogP contribution in [0.1, 0.15) is 60.8 Å². The fourth-order valence-corrected chi connectivity index (χ4v) is 3.88. The number of allylic oxidation sites excluding steroid dienone is 4. The van der Waals surface area contributed by atoms with Gasteiger partial charge in [0.25, 0.3) is 0 Å². The van der Waals surface area contributed by atoms with Crippen molar-refractivity contribution in [2.45, 2.75) is 66.4 Å². The molecule has 3 atom stereocenters. The number of Topliss-reactive ketones (excluding diaryl/α,β-unsaturated/α-hetero) is 2. The van der Waals surface area contributed by atoms with Crippen LogP contribution in [-0.2, 0) is 23.9 Å². The molecule has 0 heterocycles. The maximum Gasteiger partial charge on any atom is 0.335 e. The van der Waals surface area contributed by atoms with Crippen LogP contribution >= 0.6 is 0 Å². The smallest absolute Gasteiger partial charge is 0.335 e. The Morgan fingerprint density at radius 1 is 1.28 bits per heavy atom. The molecule has 1 aliphatic carbocycles. The predicted octanol–water partition coefficient (Wildman–Crippen LogP) is 4.49. The highest BCUT2D eigenvalue weighted by molar-refractivity contribution is 6.00. The van der Waals surface area contributed by atoms with Gasteiger partial charge in [0.15, 0.2) is 5.78 Å². The molecule has 0 fully saturated rings. The van der Waals surface area contributed by atoms with E-state index in [1.54, 1.807) is 33.1 Å². The lowest BCUT2D eigenvalue weighted by Crippen LogP contribution is -2.35. The number of carbonyl (C=O) groups is 3. The Hall–Kier alpha value is -2.31. The van der Waals surface area contributed by atoms with Crippen LogP contribution in [0.2, 0.25) is 0 Å². The van der Waals surface area contributed by atoms with Crippen LogP contribution in [0.3, 0.4) is 0 Å². The van der Waals surface area contributed by atoms with Gasteiger partial charge in [0, 0.05) is 31.1 Å². The molecule has 0 aromatic rings. The van der Waals surface area contributed by atoms with Gasteiger partial charge in [-0.25, -0.2) is 4.79 Å². The zero-order chi connectivity index (χ0) is 24.5. The summed E-state index contributed by atoms with van der Waals surface area (Å²) in [6.45, 7) is 10.6. The zero-order valence-electron chi connectivity index (χ0n) is 20.4. The second-order valence-corrected chi connectivity index (χ2v) is 9.55.